The van der Waals surface area contributed by atoms with Gasteiger partial charge in [0.05, 0.1) is 19.0 Å². The van der Waals surface area contributed by atoms with Crippen molar-refractivity contribution in [2.75, 3.05) is 13.2 Å². The highest BCUT2D eigenvalue weighted by Gasteiger charge is 2.34. The zero-order chi connectivity index (χ0) is 16.4. The van der Waals surface area contributed by atoms with Crippen molar-refractivity contribution in [1.82, 2.24) is 4.90 Å². The number of benzene rings is 1. The molecule has 124 valence electrons. The fourth-order valence-corrected chi connectivity index (χ4v) is 3.45. The Labute approximate surface area is 134 Å². The number of ether oxygens (including phenoxy) is 1. The molecule has 0 saturated heterocycles. The molecule has 0 radical (unpaired) electrons. The lowest BCUT2D eigenvalue weighted by Gasteiger charge is -2.30. The minimum atomic E-state index is -0.835. The molecule has 1 fully saturated rings. The summed E-state index contributed by atoms with van der Waals surface area (Å²) in [5.74, 6) is -1.57. The van der Waals surface area contributed by atoms with E-state index in [4.69, 9.17) is 9.84 Å². The Bertz CT molecular complexity index is 619. The Kier molecular flexibility index (Phi) is 4.50. The van der Waals surface area contributed by atoms with Gasteiger partial charge in [-0.25, -0.2) is 4.39 Å². The van der Waals surface area contributed by atoms with E-state index in [1.54, 1.807) is 17.0 Å². The fourth-order valence-electron chi connectivity index (χ4n) is 3.45. The van der Waals surface area contributed by atoms with Gasteiger partial charge in [0.1, 0.15) is 18.2 Å². The van der Waals surface area contributed by atoms with Crippen molar-refractivity contribution in [2.45, 2.75) is 32.2 Å². The summed E-state index contributed by atoms with van der Waals surface area (Å²) in [4.78, 5) is 25.5. The molecule has 23 heavy (non-hydrogen) atoms. The lowest BCUT2D eigenvalue weighted by molar-refractivity contribution is -0.145. The van der Waals surface area contributed by atoms with Gasteiger partial charge < -0.3 is 14.7 Å². The zero-order valence-corrected chi connectivity index (χ0v) is 12.8. The molecule has 0 bridgehead atoms. The molecule has 1 heterocycles. The molecule has 2 aliphatic rings. The Morgan fingerprint density at radius 2 is 2.04 bits per heavy atom. The number of rotatable bonds is 2. The van der Waals surface area contributed by atoms with Crippen LogP contribution < -0.4 is 4.74 Å². The topological polar surface area (TPSA) is 66.8 Å². The highest BCUT2D eigenvalue weighted by Crippen LogP contribution is 2.32. The Hall–Kier alpha value is -2.11. The van der Waals surface area contributed by atoms with Crippen molar-refractivity contribution >= 4 is 11.9 Å². The number of carbonyl (C=O) groups is 2. The van der Waals surface area contributed by atoms with Crippen LogP contribution in [0.3, 0.4) is 0 Å². The lowest BCUT2D eigenvalue weighted by atomic mass is 9.80. The van der Waals surface area contributed by atoms with Gasteiger partial charge in [0.2, 0.25) is 5.91 Å². The molecule has 2 unspecified atom stereocenters. The van der Waals surface area contributed by atoms with E-state index in [1.807, 2.05) is 0 Å². The largest absolute Gasteiger partial charge is 0.491 e. The van der Waals surface area contributed by atoms with Crippen LogP contribution in [-0.2, 0) is 16.1 Å². The van der Waals surface area contributed by atoms with Crippen LogP contribution in [0.1, 0.15) is 31.2 Å². The first-order chi connectivity index (χ1) is 11.1. The molecular formula is C17H20FNO4. The summed E-state index contributed by atoms with van der Waals surface area (Å²) >= 11 is 0. The number of carboxylic acid groups (broad SMARTS) is 1. The molecule has 1 saturated carbocycles. The standard InChI is InChI=1S/C17H20FNO4/c18-14-5-2-6-15-13(14)10-19(7-8-23-15)16(20)11-3-1-4-12(9-11)17(21)22/h2,5-6,11-12H,1,3-4,7-10H2,(H,21,22). The fraction of sp³-hybridized carbons (Fsp3) is 0.529. The molecule has 6 heteroatoms. The minimum Gasteiger partial charge on any atom is -0.491 e. The first-order valence-corrected chi connectivity index (χ1v) is 7.98. The van der Waals surface area contributed by atoms with E-state index in [0.29, 0.717) is 43.7 Å². The average Bonchev–Trinajstić information content (AvgIpc) is 2.78. The lowest BCUT2D eigenvalue weighted by Crippen LogP contribution is -2.40. The van der Waals surface area contributed by atoms with Crippen molar-refractivity contribution in [1.29, 1.82) is 0 Å². The molecule has 1 aromatic rings. The maximum absolute atomic E-state index is 14.0. The third kappa shape index (κ3) is 3.30. The van der Waals surface area contributed by atoms with E-state index in [-0.39, 0.29) is 24.2 Å². The summed E-state index contributed by atoms with van der Waals surface area (Å²) in [5, 5.41) is 9.17. The smallest absolute Gasteiger partial charge is 0.306 e. The third-order valence-corrected chi connectivity index (χ3v) is 4.73. The molecule has 3 rings (SSSR count). The van der Waals surface area contributed by atoms with Gasteiger partial charge in [-0.15, -0.1) is 0 Å². The predicted octanol–water partition coefficient (Wildman–Crippen LogP) is 2.44. The second-order valence-electron chi connectivity index (χ2n) is 6.22. The summed E-state index contributed by atoms with van der Waals surface area (Å²) in [5.41, 5.74) is 0.393. The summed E-state index contributed by atoms with van der Waals surface area (Å²) in [6, 6.07) is 4.65. The van der Waals surface area contributed by atoms with Crippen molar-refractivity contribution in [2.24, 2.45) is 11.8 Å². The molecule has 0 aromatic heterocycles. The second kappa shape index (κ2) is 6.56. The number of amides is 1. The third-order valence-electron chi connectivity index (χ3n) is 4.73. The molecule has 1 amide bonds. The van der Waals surface area contributed by atoms with E-state index in [2.05, 4.69) is 0 Å². The maximum atomic E-state index is 14.0. The van der Waals surface area contributed by atoms with Crippen LogP contribution >= 0.6 is 0 Å². The predicted molar refractivity (Wildman–Crippen MR) is 80.4 cm³/mol. The Morgan fingerprint density at radius 3 is 2.83 bits per heavy atom. The molecule has 1 aliphatic carbocycles. The van der Waals surface area contributed by atoms with E-state index in [0.717, 1.165) is 6.42 Å². The summed E-state index contributed by atoms with van der Waals surface area (Å²) in [7, 11) is 0. The van der Waals surface area contributed by atoms with Gasteiger partial charge in [-0.3, -0.25) is 9.59 Å². The van der Waals surface area contributed by atoms with Gasteiger partial charge in [-0.05, 0) is 31.4 Å². The summed E-state index contributed by atoms with van der Waals surface area (Å²) in [6.45, 7) is 0.882. The van der Waals surface area contributed by atoms with Crippen LogP contribution in [0.15, 0.2) is 18.2 Å². The van der Waals surface area contributed by atoms with Crippen molar-refractivity contribution in [3.8, 4) is 5.75 Å². The van der Waals surface area contributed by atoms with Crippen molar-refractivity contribution in [3.05, 3.63) is 29.6 Å². The molecular weight excluding hydrogens is 301 g/mol. The minimum absolute atomic E-state index is 0.0874. The number of hydrogen-bond donors (Lipinski definition) is 1. The van der Waals surface area contributed by atoms with Gasteiger partial charge in [0.15, 0.2) is 0 Å². The quantitative estimate of drug-likeness (QED) is 0.908. The second-order valence-corrected chi connectivity index (χ2v) is 6.22. The number of halogens is 1. The van der Waals surface area contributed by atoms with Gasteiger partial charge in [-0.2, -0.15) is 0 Å². The van der Waals surface area contributed by atoms with Crippen LogP contribution in [0.25, 0.3) is 0 Å². The van der Waals surface area contributed by atoms with E-state index >= 15 is 0 Å². The van der Waals surface area contributed by atoms with Gasteiger partial charge >= 0.3 is 5.97 Å². The molecule has 0 spiro atoms. The summed E-state index contributed by atoms with van der Waals surface area (Å²) < 4.78 is 19.5. The van der Waals surface area contributed by atoms with Crippen LogP contribution in [0.2, 0.25) is 0 Å². The van der Waals surface area contributed by atoms with Crippen LogP contribution in [-0.4, -0.2) is 35.0 Å². The van der Waals surface area contributed by atoms with Gasteiger partial charge in [0, 0.05) is 11.5 Å². The number of fused-ring (bicyclic) bond motifs is 1. The van der Waals surface area contributed by atoms with Crippen LogP contribution in [0.5, 0.6) is 5.75 Å². The maximum Gasteiger partial charge on any atom is 0.306 e. The monoisotopic (exact) mass is 321 g/mol. The highest BCUT2D eigenvalue weighted by atomic mass is 19.1. The van der Waals surface area contributed by atoms with Crippen molar-refractivity contribution in [3.63, 3.8) is 0 Å². The molecule has 1 N–H and O–H groups in total. The van der Waals surface area contributed by atoms with Gasteiger partial charge in [0.25, 0.3) is 0 Å². The number of aliphatic carboxylic acids is 1. The van der Waals surface area contributed by atoms with E-state index in [1.165, 1.54) is 6.07 Å². The first-order valence-electron chi connectivity index (χ1n) is 7.98. The number of carbonyl (C=O) groups excluding carboxylic acids is 1. The molecule has 1 aliphatic heterocycles. The summed E-state index contributed by atoms with van der Waals surface area (Å²) in [6.07, 6.45) is 2.43. The van der Waals surface area contributed by atoms with Crippen LogP contribution in [0.4, 0.5) is 4.39 Å². The number of hydrogen-bond acceptors (Lipinski definition) is 3. The van der Waals surface area contributed by atoms with E-state index in [9.17, 15) is 14.0 Å². The van der Waals surface area contributed by atoms with E-state index < -0.39 is 11.9 Å². The van der Waals surface area contributed by atoms with Gasteiger partial charge in [-0.1, -0.05) is 12.5 Å². The Balaban J connectivity index is 1.75. The zero-order valence-electron chi connectivity index (χ0n) is 12.8. The number of carboxylic acids is 1. The normalized spacial score (nSPS) is 24.3. The Morgan fingerprint density at radius 1 is 1.26 bits per heavy atom. The highest BCUT2D eigenvalue weighted by molar-refractivity contribution is 5.80. The number of nitrogens with zero attached hydrogens (tertiary/aromatic N) is 1. The molecule has 2 atom stereocenters. The van der Waals surface area contributed by atoms with Crippen molar-refractivity contribution < 1.29 is 23.8 Å². The van der Waals surface area contributed by atoms with Crippen LogP contribution in [0, 0.1) is 17.7 Å². The molecule has 5 nitrogen and oxygen atoms in total. The average molecular weight is 321 g/mol. The SMILES string of the molecule is O=C(O)C1CCCC(C(=O)N2CCOc3cccc(F)c3C2)C1. The first kappa shape index (κ1) is 15.8. The molecule has 1 aromatic carbocycles.